The van der Waals surface area contributed by atoms with Gasteiger partial charge in [0.15, 0.2) is 5.82 Å². The Hall–Kier alpha value is -3.15. The first-order valence-electron chi connectivity index (χ1n) is 7.41. The summed E-state index contributed by atoms with van der Waals surface area (Å²) in [6, 6.07) is 12.0. The van der Waals surface area contributed by atoms with Crippen molar-refractivity contribution < 1.29 is 9.13 Å². The molecule has 0 spiro atoms. The Morgan fingerprint density at radius 2 is 1.83 bits per heavy atom. The third-order valence-electron chi connectivity index (χ3n) is 3.67. The molecule has 0 bridgehead atoms. The van der Waals surface area contributed by atoms with E-state index < -0.39 is 5.82 Å². The van der Waals surface area contributed by atoms with E-state index in [1.807, 2.05) is 32.0 Å². The van der Waals surface area contributed by atoms with Crippen molar-refractivity contribution in [2.45, 2.75) is 13.8 Å². The number of nitrogen functional groups attached to an aromatic ring is 1. The zero-order valence-corrected chi connectivity index (χ0v) is 13.4. The molecule has 0 saturated heterocycles. The Morgan fingerprint density at radius 1 is 1.04 bits per heavy atom. The standard InChI is InChI=1S/C18H17FN4O/c1-11-7-8-13(9-12(11)2)24-18-16(20)17(21-10-22-18)23-15-6-4-3-5-14(15)19/h3-10H,20H2,1-2H3,(H,21,22,23). The zero-order valence-electron chi connectivity index (χ0n) is 13.4. The molecule has 3 N–H and O–H groups in total. The van der Waals surface area contributed by atoms with E-state index in [1.165, 1.54) is 18.0 Å². The summed E-state index contributed by atoms with van der Waals surface area (Å²) in [6.45, 7) is 4.02. The Bertz CT molecular complexity index is 883. The molecule has 0 atom stereocenters. The number of nitrogens with zero attached hydrogens (tertiary/aromatic N) is 2. The van der Waals surface area contributed by atoms with Crippen molar-refractivity contribution in [1.82, 2.24) is 9.97 Å². The summed E-state index contributed by atoms with van der Waals surface area (Å²) in [5.74, 6) is 0.730. The second-order valence-electron chi connectivity index (χ2n) is 5.39. The van der Waals surface area contributed by atoms with Crippen LogP contribution in [0.5, 0.6) is 11.6 Å². The van der Waals surface area contributed by atoms with Crippen LogP contribution in [0.15, 0.2) is 48.8 Å². The average Bonchev–Trinajstić information content (AvgIpc) is 2.57. The number of ether oxygens (including phenoxy) is 1. The van der Waals surface area contributed by atoms with Gasteiger partial charge in [-0.15, -0.1) is 0 Å². The molecule has 3 rings (SSSR count). The van der Waals surface area contributed by atoms with Crippen LogP contribution in [0.2, 0.25) is 0 Å². The summed E-state index contributed by atoms with van der Waals surface area (Å²) in [5, 5.41) is 2.86. The number of nitrogens with one attached hydrogen (secondary N) is 1. The van der Waals surface area contributed by atoms with E-state index in [1.54, 1.807) is 18.2 Å². The number of anilines is 3. The third-order valence-corrected chi connectivity index (χ3v) is 3.67. The predicted octanol–water partition coefficient (Wildman–Crippen LogP) is 4.35. The van der Waals surface area contributed by atoms with E-state index in [9.17, 15) is 4.39 Å². The molecule has 0 aliphatic heterocycles. The number of hydrogen-bond acceptors (Lipinski definition) is 5. The summed E-state index contributed by atoms with van der Waals surface area (Å²) in [4.78, 5) is 8.11. The molecule has 0 fully saturated rings. The fourth-order valence-electron chi connectivity index (χ4n) is 2.14. The van der Waals surface area contributed by atoms with E-state index in [2.05, 4.69) is 15.3 Å². The lowest BCUT2D eigenvalue weighted by Crippen LogP contribution is -2.04. The van der Waals surface area contributed by atoms with Crippen LogP contribution in [0, 0.1) is 19.7 Å². The van der Waals surface area contributed by atoms with Crippen LogP contribution in [0.25, 0.3) is 0 Å². The number of para-hydroxylation sites is 1. The Balaban J connectivity index is 1.88. The molecule has 0 unspecified atom stereocenters. The van der Waals surface area contributed by atoms with Crippen molar-refractivity contribution in [3.8, 4) is 11.6 Å². The van der Waals surface area contributed by atoms with Gasteiger partial charge in [-0.25, -0.2) is 9.37 Å². The molecule has 6 heteroatoms. The van der Waals surface area contributed by atoms with Gasteiger partial charge in [0.05, 0.1) is 5.69 Å². The summed E-state index contributed by atoms with van der Waals surface area (Å²) >= 11 is 0. The van der Waals surface area contributed by atoms with Gasteiger partial charge in [-0.2, -0.15) is 4.98 Å². The maximum Gasteiger partial charge on any atom is 0.248 e. The highest BCUT2D eigenvalue weighted by atomic mass is 19.1. The van der Waals surface area contributed by atoms with Crippen molar-refractivity contribution in [2.75, 3.05) is 11.1 Å². The van der Waals surface area contributed by atoms with E-state index in [-0.39, 0.29) is 23.1 Å². The van der Waals surface area contributed by atoms with Crippen molar-refractivity contribution >= 4 is 17.2 Å². The fraction of sp³-hybridized carbons (Fsp3) is 0.111. The number of aryl methyl sites for hydroxylation is 2. The van der Waals surface area contributed by atoms with Crippen LogP contribution < -0.4 is 15.8 Å². The Kier molecular flexibility index (Phi) is 4.29. The number of hydrogen-bond donors (Lipinski definition) is 2. The molecule has 1 aromatic heterocycles. The molecule has 0 amide bonds. The van der Waals surface area contributed by atoms with Gasteiger partial charge < -0.3 is 15.8 Å². The van der Waals surface area contributed by atoms with Gasteiger partial charge in [-0.1, -0.05) is 18.2 Å². The quantitative estimate of drug-likeness (QED) is 0.746. The molecule has 0 aliphatic carbocycles. The largest absolute Gasteiger partial charge is 0.437 e. The van der Waals surface area contributed by atoms with Crippen LogP contribution in [-0.4, -0.2) is 9.97 Å². The monoisotopic (exact) mass is 324 g/mol. The molecule has 122 valence electrons. The molecule has 24 heavy (non-hydrogen) atoms. The lowest BCUT2D eigenvalue weighted by atomic mass is 10.1. The summed E-state index contributed by atoms with van der Waals surface area (Å²) < 4.78 is 19.5. The van der Waals surface area contributed by atoms with Crippen molar-refractivity contribution in [2.24, 2.45) is 0 Å². The van der Waals surface area contributed by atoms with Gasteiger partial charge in [-0.05, 0) is 49.2 Å². The molecule has 0 saturated carbocycles. The molecular formula is C18H17FN4O. The molecule has 2 aromatic carbocycles. The molecule has 5 nitrogen and oxygen atoms in total. The minimum absolute atomic E-state index is 0.207. The number of benzene rings is 2. The van der Waals surface area contributed by atoms with Gasteiger partial charge >= 0.3 is 0 Å². The Labute approximate surface area is 139 Å². The Morgan fingerprint density at radius 3 is 2.58 bits per heavy atom. The van der Waals surface area contributed by atoms with E-state index >= 15 is 0 Å². The smallest absolute Gasteiger partial charge is 0.248 e. The molecule has 0 aliphatic rings. The van der Waals surface area contributed by atoms with Gasteiger partial charge in [0.1, 0.15) is 23.6 Å². The van der Waals surface area contributed by atoms with E-state index in [0.717, 1.165) is 5.56 Å². The highest BCUT2D eigenvalue weighted by Crippen LogP contribution is 2.32. The zero-order chi connectivity index (χ0) is 17.1. The van der Waals surface area contributed by atoms with Gasteiger partial charge in [0, 0.05) is 0 Å². The lowest BCUT2D eigenvalue weighted by Gasteiger charge is -2.12. The first-order valence-corrected chi connectivity index (χ1v) is 7.41. The topological polar surface area (TPSA) is 73.1 Å². The summed E-state index contributed by atoms with van der Waals surface area (Å²) in [5.41, 5.74) is 8.82. The van der Waals surface area contributed by atoms with Crippen LogP contribution in [0.4, 0.5) is 21.6 Å². The number of halogens is 1. The molecule has 3 aromatic rings. The first-order chi connectivity index (χ1) is 11.5. The second kappa shape index (κ2) is 6.54. The van der Waals surface area contributed by atoms with Crippen LogP contribution in [0.1, 0.15) is 11.1 Å². The lowest BCUT2D eigenvalue weighted by molar-refractivity contribution is 0.464. The highest BCUT2D eigenvalue weighted by molar-refractivity contribution is 5.72. The van der Waals surface area contributed by atoms with E-state index in [4.69, 9.17) is 10.5 Å². The van der Waals surface area contributed by atoms with E-state index in [0.29, 0.717) is 5.75 Å². The predicted molar refractivity (Wildman–Crippen MR) is 92.1 cm³/mol. The molecule has 1 heterocycles. The normalized spacial score (nSPS) is 10.5. The maximum absolute atomic E-state index is 13.8. The first kappa shape index (κ1) is 15.7. The van der Waals surface area contributed by atoms with Crippen LogP contribution in [0.3, 0.4) is 0 Å². The maximum atomic E-state index is 13.8. The SMILES string of the molecule is Cc1ccc(Oc2ncnc(Nc3ccccc3F)c2N)cc1C. The average molecular weight is 324 g/mol. The van der Waals surface area contributed by atoms with Crippen molar-refractivity contribution in [3.05, 3.63) is 65.7 Å². The number of rotatable bonds is 4. The highest BCUT2D eigenvalue weighted by Gasteiger charge is 2.12. The third kappa shape index (κ3) is 3.27. The summed E-state index contributed by atoms with van der Waals surface area (Å²) in [7, 11) is 0. The minimum Gasteiger partial charge on any atom is -0.437 e. The van der Waals surface area contributed by atoms with Crippen molar-refractivity contribution in [3.63, 3.8) is 0 Å². The van der Waals surface area contributed by atoms with Gasteiger partial charge in [0.25, 0.3) is 0 Å². The molecular weight excluding hydrogens is 307 g/mol. The van der Waals surface area contributed by atoms with Crippen molar-refractivity contribution in [1.29, 1.82) is 0 Å². The van der Waals surface area contributed by atoms with Gasteiger partial charge in [-0.3, -0.25) is 0 Å². The number of aromatic nitrogens is 2. The van der Waals surface area contributed by atoms with Crippen LogP contribution in [-0.2, 0) is 0 Å². The molecule has 0 radical (unpaired) electrons. The summed E-state index contributed by atoms with van der Waals surface area (Å²) in [6.07, 6.45) is 1.32. The van der Waals surface area contributed by atoms with Gasteiger partial charge in [0.2, 0.25) is 5.88 Å². The fourth-order valence-corrected chi connectivity index (χ4v) is 2.14. The van der Waals surface area contributed by atoms with Crippen LogP contribution >= 0.6 is 0 Å². The minimum atomic E-state index is -0.396. The second-order valence-corrected chi connectivity index (χ2v) is 5.39. The number of nitrogens with two attached hydrogens (primary N) is 1.